The van der Waals surface area contributed by atoms with Gasteiger partial charge in [0.2, 0.25) is 10.0 Å². The molecular formula is C17H18Cl2N2O2S. The zero-order valence-corrected chi connectivity index (χ0v) is 15.5. The predicted molar refractivity (Wildman–Crippen MR) is 97.0 cm³/mol. The van der Waals surface area contributed by atoms with Gasteiger partial charge in [-0.1, -0.05) is 53.5 Å². The lowest BCUT2D eigenvalue weighted by Crippen LogP contribution is -2.49. The van der Waals surface area contributed by atoms with Gasteiger partial charge in [-0.25, -0.2) is 8.42 Å². The van der Waals surface area contributed by atoms with Crippen molar-refractivity contribution >= 4 is 33.2 Å². The summed E-state index contributed by atoms with van der Waals surface area (Å²) in [7, 11) is -1.75. The highest BCUT2D eigenvalue weighted by Gasteiger charge is 2.37. The first-order chi connectivity index (χ1) is 11.4. The first-order valence-electron chi connectivity index (χ1n) is 7.60. The van der Waals surface area contributed by atoms with Crippen LogP contribution in [0.2, 0.25) is 10.0 Å². The number of benzene rings is 2. The van der Waals surface area contributed by atoms with Crippen LogP contribution in [0.25, 0.3) is 0 Å². The van der Waals surface area contributed by atoms with Crippen LogP contribution in [0.5, 0.6) is 0 Å². The molecule has 0 radical (unpaired) electrons. The fourth-order valence-electron chi connectivity index (χ4n) is 2.94. The second kappa shape index (κ2) is 7.02. The standard InChI is InChI=1S/C17H18Cl2N2O2S/c1-20-9-10-21(16(12-20)13-5-3-2-4-6-13)24(22,23)17-11-14(18)7-8-15(17)19/h2-8,11,16H,9-10,12H2,1H3/t16-/m0/s1. The quantitative estimate of drug-likeness (QED) is 0.810. The van der Waals surface area contributed by atoms with Crippen LogP contribution in [0.4, 0.5) is 0 Å². The van der Waals surface area contributed by atoms with Gasteiger partial charge in [0.15, 0.2) is 0 Å². The van der Waals surface area contributed by atoms with E-state index in [1.165, 1.54) is 16.4 Å². The molecule has 0 amide bonds. The molecular weight excluding hydrogens is 367 g/mol. The second-order valence-electron chi connectivity index (χ2n) is 5.88. The number of nitrogens with zero attached hydrogens (tertiary/aromatic N) is 2. The van der Waals surface area contributed by atoms with E-state index in [9.17, 15) is 8.42 Å². The Morgan fingerprint density at radius 2 is 1.75 bits per heavy atom. The van der Waals surface area contributed by atoms with Gasteiger partial charge in [-0.3, -0.25) is 0 Å². The minimum absolute atomic E-state index is 0.0575. The van der Waals surface area contributed by atoms with Gasteiger partial charge in [-0.15, -0.1) is 0 Å². The molecule has 1 heterocycles. The minimum Gasteiger partial charge on any atom is -0.303 e. The van der Waals surface area contributed by atoms with E-state index in [4.69, 9.17) is 23.2 Å². The minimum atomic E-state index is -3.75. The molecule has 2 aromatic carbocycles. The summed E-state index contributed by atoms with van der Waals surface area (Å²) < 4.78 is 28.0. The molecule has 1 saturated heterocycles. The Morgan fingerprint density at radius 1 is 1.04 bits per heavy atom. The molecule has 1 aliphatic heterocycles. The summed E-state index contributed by atoms with van der Waals surface area (Å²) in [5, 5.41) is 0.536. The number of likely N-dealkylation sites (N-methyl/N-ethyl adjacent to an activating group) is 1. The van der Waals surface area contributed by atoms with E-state index in [2.05, 4.69) is 4.90 Å². The van der Waals surface area contributed by atoms with Crippen molar-refractivity contribution in [3.63, 3.8) is 0 Å². The van der Waals surface area contributed by atoms with Crippen LogP contribution in [-0.2, 0) is 10.0 Å². The number of piperazine rings is 1. The lowest BCUT2D eigenvalue weighted by molar-refractivity contribution is 0.161. The third-order valence-corrected chi connectivity index (χ3v) is 6.82. The van der Waals surface area contributed by atoms with Crippen LogP contribution < -0.4 is 0 Å². The van der Waals surface area contributed by atoms with Crippen LogP contribution >= 0.6 is 23.2 Å². The smallest absolute Gasteiger partial charge is 0.245 e. The fraction of sp³-hybridized carbons (Fsp3) is 0.294. The van der Waals surface area contributed by atoms with Crippen LogP contribution in [0, 0.1) is 0 Å². The van der Waals surface area contributed by atoms with Crippen LogP contribution in [0.3, 0.4) is 0 Å². The Hall–Kier alpha value is -1.11. The summed E-state index contributed by atoms with van der Waals surface area (Å²) in [5.74, 6) is 0. The van der Waals surface area contributed by atoms with E-state index >= 15 is 0 Å². The van der Waals surface area contributed by atoms with Gasteiger partial charge in [-0.05, 0) is 30.8 Å². The highest BCUT2D eigenvalue weighted by atomic mass is 35.5. The third-order valence-electron chi connectivity index (χ3n) is 4.20. The van der Waals surface area contributed by atoms with Crippen molar-refractivity contribution in [2.75, 3.05) is 26.7 Å². The molecule has 0 bridgehead atoms. The van der Waals surface area contributed by atoms with Crippen LogP contribution in [0.15, 0.2) is 53.4 Å². The number of halogens is 2. The lowest BCUT2D eigenvalue weighted by atomic mass is 10.1. The van der Waals surface area contributed by atoms with Gasteiger partial charge in [0, 0.05) is 24.7 Å². The summed E-state index contributed by atoms with van der Waals surface area (Å²) in [4.78, 5) is 2.19. The van der Waals surface area contributed by atoms with Crippen molar-refractivity contribution in [3.05, 3.63) is 64.1 Å². The van der Waals surface area contributed by atoms with Crippen LogP contribution in [-0.4, -0.2) is 44.3 Å². The molecule has 0 N–H and O–H groups in total. The van der Waals surface area contributed by atoms with Crippen LogP contribution in [0.1, 0.15) is 11.6 Å². The summed E-state index contributed by atoms with van der Waals surface area (Å²) >= 11 is 12.1. The maximum absolute atomic E-state index is 13.2. The molecule has 0 aromatic heterocycles. The van der Waals surface area contributed by atoms with E-state index in [1.807, 2.05) is 37.4 Å². The van der Waals surface area contributed by atoms with Crippen molar-refractivity contribution in [2.45, 2.75) is 10.9 Å². The lowest BCUT2D eigenvalue weighted by Gasteiger charge is -2.39. The molecule has 1 aliphatic rings. The molecule has 3 rings (SSSR count). The van der Waals surface area contributed by atoms with Crippen molar-refractivity contribution in [2.24, 2.45) is 0 Å². The molecule has 1 atom stereocenters. The fourth-order valence-corrected chi connectivity index (χ4v) is 5.27. The number of hydrogen-bond donors (Lipinski definition) is 0. The van der Waals surface area contributed by atoms with Gasteiger partial charge in [0.25, 0.3) is 0 Å². The topological polar surface area (TPSA) is 40.6 Å². The molecule has 24 heavy (non-hydrogen) atoms. The van der Waals surface area contributed by atoms with Crippen molar-refractivity contribution < 1.29 is 8.42 Å². The van der Waals surface area contributed by atoms with E-state index in [0.717, 1.165) is 5.56 Å². The predicted octanol–water partition coefficient (Wildman–Crippen LogP) is 3.67. The van der Waals surface area contributed by atoms with E-state index < -0.39 is 10.0 Å². The van der Waals surface area contributed by atoms with Gasteiger partial charge >= 0.3 is 0 Å². The Labute approximate surface area is 152 Å². The Balaban J connectivity index is 2.05. The maximum Gasteiger partial charge on any atom is 0.245 e. The first kappa shape index (κ1) is 17.7. The molecule has 0 aliphatic carbocycles. The first-order valence-corrected chi connectivity index (χ1v) is 9.79. The molecule has 0 spiro atoms. The van der Waals surface area contributed by atoms with E-state index in [1.54, 1.807) is 6.07 Å². The van der Waals surface area contributed by atoms with Gasteiger partial charge in [0.1, 0.15) is 4.90 Å². The largest absolute Gasteiger partial charge is 0.303 e. The summed E-state index contributed by atoms with van der Waals surface area (Å²) in [5.41, 5.74) is 0.964. The van der Waals surface area contributed by atoms with Gasteiger partial charge in [0.05, 0.1) is 11.1 Å². The number of hydrogen-bond acceptors (Lipinski definition) is 3. The highest BCUT2D eigenvalue weighted by Crippen LogP contribution is 2.34. The summed E-state index contributed by atoms with van der Waals surface area (Å²) in [6, 6.07) is 13.9. The maximum atomic E-state index is 13.2. The average molecular weight is 385 g/mol. The monoisotopic (exact) mass is 384 g/mol. The highest BCUT2D eigenvalue weighted by molar-refractivity contribution is 7.89. The van der Waals surface area contributed by atoms with E-state index in [0.29, 0.717) is 24.7 Å². The van der Waals surface area contributed by atoms with Crippen molar-refractivity contribution in [3.8, 4) is 0 Å². The summed E-state index contributed by atoms with van der Waals surface area (Å²) in [6.07, 6.45) is 0. The van der Waals surface area contributed by atoms with E-state index in [-0.39, 0.29) is 16.0 Å². The number of sulfonamides is 1. The van der Waals surface area contributed by atoms with Gasteiger partial charge < -0.3 is 4.90 Å². The zero-order valence-electron chi connectivity index (χ0n) is 13.2. The Bertz CT molecular complexity index is 828. The molecule has 128 valence electrons. The molecule has 0 unspecified atom stereocenters. The second-order valence-corrected chi connectivity index (χ2v) is 8.58. The summed E-state index contributed by atoms with van der Waals surface area (Å²) in [6.45, 7) is 1.70. The molecule has 7 heteroatoms. The SMILES string of the molecule is CN1CCN(S(=O)(=O)c2cc(Cl)ccc2Cl)[C@H](c2ccccc2)C1. The molecule has 0 saturated carbocycles. The average Bonchev–Trinajstić information content (AvgIpc) is 2.57. The third kappa shape index (κ3) is 3.46. The molecule has 4 nitrogen and oxygen atoms in total. The van der Waals surface area contributed by atoms with Crippen molar-refractivity contribution in [1.82, 2.24) is 9.21 Å². The Morgan fingerprint density at radius 3 is 2.46 bits per heavy atom. The van der Waals surface area contributed by atoms with Gasteiger partial charge in [-0.2, -0.15) is 4.31 Å². The molecule has 1 fully saturated rings. The normalized spacial score (nSPS) is 20.2. The van der Waals surface area contributed by atoms with Crippen molar-refractivity contribution in [1.29, 1.82) is 0 Å². The Kier molecular flexibility index (Phi) is 5.18. The molecule has 2 aromatic rings. The number of rotatable bonds is 3. The zero-order chi connectivity index (χ0) is 17.3.